The highest BCUT2D eigenvalue weighted by Crippen LogP contribution is 2.43. The molecule has 5 nitrogen and oxygen atoms in total. The minimum Gasteiger partial charge on any atom is -0.295 e. The summed E-state index contributed by atoms with van der Waals surface area (Å²) in [5, 5.41) is 10.4. The van der Waals surface area contributed by atoms with Crippen molar-refractivity contribution >= 4 is 40.6 Å². The maximum atomic E-state index is 13.3. The lowest BCUT2D eigenvalue weighted by Gasteiger charge is -2.24. The summed E-state index contributed by atoms with van der Waals surface area (Å²) in [6.07, 6.45) is 0. The van der Waals surface area contributed by atoms with Crippen LogP contribution in [0.3, 0.4) is 0 Å². The highest BCUT2D eigenvalue weighted by Gasteiger charge is 2.34. The molecular formula is C15H10ClFN2O3S. The van der Waals surface area contributed by atoms with E-state index in [0.29, 0.717) is 11.3 Å². The van der Waals surface area contributed by atoms with E-state index in [-0.39, 0.29) is 22.4 Å². The molecule has 2 aromatic rings. The van der Waals surface area contributed by atoms with Gasteiger partial charge in [-0.1, -0.05) is 23.7 Å². The molecule has 3 rings (SSSR count). The molecule has 0 N–H and O–H groups in total. The van der Waals surface area contributed by atoms with Crippen molar-refractivity contribution in [2.24, 2.45) is 0 Å². The topological polar surface area (TPSA) is 63.4 Å². The van der Waals surface area contributed by atoms with Crippen molar-refractivity contribution in [3.8, 4) is 0 Å². The van der Waals surface area contributed by atoms with E-state index in [0.717, 1.165) is 0 Å². The number of rotatable bonds is 3. The van der Waals surface area contributed by atoms with Gasteiger partial charge in [0.25, 0.3) is 5.69 Å². The third-order valence-electron chi connectivity index (χ3n) is 3.42. The number of amides is 1. The van der Waals surface area contributed by atoms with E-state index in [1.807, 2.05) is 0 Å². The number of nitro groups is 1. The molecule has 2 aromatic carbocycles. The number of hydrogen-bond acceptors (Lipinski definition) is 4. The maximum Gasteiger partial charge on any atom is 0.269 e. The van der Waals surface area contributed by atoms with Gasteiger partial charge in [-0.25, -0.2) is 4.39 Å². The summed E-state index contributed by atoms with van der Waals surface area (Å²) in [4.78, 5) is 24.1. The lowest BCUT2D eigenvalue weighted by molar-refractivity contribution is -0.384. The fourth-order valence-electron chi connectivity index (χ4n) is 2.38. The number of thioether (sulfide) groups is 1. The minimum absolute atomic E-state index is 0.0421. The average Bonchev–Trinajstić information content (AvgIpc) is 2.92. The van der Waals surface area contributed by atoms with E-state index in [4.69, 9.17) is 11.6 Å². The summed E-state index contributed by atoms with van der Waals surface area (Å²) in [6.45, 7) is 0. The number of benzene rings is 2. The van der Waals surface area contributed by atoms with Crippen molar-refractivity contribution < 1.29 is 14.1 Å². The van der Waals surface area contributed by atoms with Crippen LogP contribution in [0.25, 0.3) is 0 Å². The number of hydrogen-bond donors (Lipinski definition) is 0. The molecular weight excluding hydrogens is 343 g/mol. The van der Waals surface area contributed by atoms with Gasteiger partial charge in [-0.2, -0.15) is 0 Å². The fraction of sp³-hybridized carbons (Fsp3) is 0.133. The molecule has 0 unspecified atom stereocenters. The molecule has 1 saturated heterocycles. The van der Waals surface area contributed by atoms with Crippen LogP contribution in [0, 0.1) is 15.9 Å². The van der Waals surface area contributed by atoms with E-state index in [9.17, 15) is 19.3 Å². The monoisotopic (exact) mass is 352 g/mol. The number of nitrogens with zero attached hydrogens (tertiary/aromatic N) is 2. The van der Waals surface area contributed by atoms with Gasteiger partial charge in [-0.15, -0.1) is 11.8 Å². The third-order valence-corrected chi connectivity index (χ3v) is 4.92. The van der Waals surface area contributed by atoms with Crippen LogP contribution in [0.4, 0.5) is 15.8 Å². The molecule has 1 amide bonds. The Morgan fingerprint density at radius 1 is 1.30 bits per heavy atom. The predicted molar refractivity (Wildman–Crippen MR) is 87.2 cm³/mol. The second-order valence-electron chi connectivity index (χ2n) is 4.88. The highest BCUT2D eigenvalue weighted by atomic mass is 35.5. The lowest BCUT2D eigenvalue weighted by atomic mass is 10.1. The number of nitro benzene ring substituents is 1. The summed E-state index contributed by atoms with van der Waals surface area (Å²) in [6, 6.07) is 10.2. The van der Waals surface area contributed by atoms with Gasteiger partial charge in [0.05, 0.1) is 15.7 Å². The Balaban J connectivity index is 2.01. The summed E-state index contributed by atoms with van der Waals surface area (Å²) in [5.74, 6) is -0.488. The van der Waals surface area contributed by atoms with Crippen LogP contribution >= 0.6 is 23.4 Å². The molecule has 0 radical (unpaired) electrons. The van der Waals surface area contributed by atoms with Gasteiger partial charge in [-0.05, 0) is 23.8 Å². The van der Waals surface area contributed by atoms with Gasteiger partial charge >= 0.3 is 0 Å². The Bertz CT molecular complexity index is 802. The molecule has 1 aliphatic heterocycles. The molecule has 8 heteroatoms. The molecule has 0 aliphatic carbocycles. The van der Waals surface area contributed by atoms with Gasteiger partial charge < -0.3 is 0 Å². The first kappa shape index (κ1) is 15.8. The highest BCUT2D eigenvalue weighted by molar-refractivity contribution is 8.00. The minimum atomic E-state index is -0.568. The average molecular weight is 353 g/mol. The number of anilines is 1. The quantitative estimate of drug-likeness (QED) is 0.614. The molecule has 1 heterocycles. The molecule has 1 fully saturated rings. The van der Waals surface area contributed by atoms with Crippen LogP contribution in [0.5, 0.6) is 0 Å². The molecule has 1 aliphatic rings. The van der Waals surface area contributed by atoms with Gasteiger partial charge in [0.1, 0.15) is 11.2 Å². The SMILES string of the molecule is O=C1CS[C@@H](c2cccc([N+](=O)[O-])c2)N1c1ccc(F)c(Cl)c1. The first-order valence-electron chi connectivity index (χ1n) is 6.60. The third kappa shape index (κ3) is 3.02. The molecule has 0 aromatic heterocycles. The van der Waals surface area contributed by atoms with Gasteiger partial charge in [0.2, 0.25) is 5.91 Å². The largest absolute Gasteiger partial charge is 0.295 e. The zero-order valence-electron chi connectivity index (χ0n) is 11.6. The Kier molecular flexibility index (Phi) is 4.23. The summed E-state index contributed by atoms with van der Waals surface area (Å²) in [5.41, 5.74) is 1.05. The van der Waals surface area contributed by atoms with E-state index < -0.39 is 16.1 Å². The van der Waals surface area contributed by atoms with Crippen LogP contribution < -0.4 is 4.90 Å². The first-order valence-corrected chi connectivity index (χ1v) is 8.03. The van der Waals surface area contributed by atoms with Gasteiger partial charge in [-0.3, -0.25) is 19.8 Å². The Labute approximate surface area is 140 Å². The number of carbonyl (C=O) groups is 1. The Morgan fingerprint density at radius 2 is 2.09 bits per heavy atom. The number of carbonyl (C=O) groups excluding carboxylic acids is 1. The standard InChI is InChI=1S/C15H10ClFN2O3S/c16-12-7-10(4-5-13(12)17)18-14(20)8-23-15(18)9-2-1-3-11(6-9)19(21)22/h1-7,15H,8H2/t15-/m0/s1. The predicted octanol–water partition coefficient (Wildman–Crippen LogP) is 4.17. The van der Waals surface area contributed by atoms with Crippen molar-refractivity contribution in [2.75, 3.05) is 10.7 Å². The zero-order valence-corrected chi connectivity index (χ0v) is 13.2. The second kappa shape index (κ2) is 6.17. The van der Waals surface area contributed by atoms with E-state index in [1.54, 1.807) is 12.1 Å². The molecule has 0 saturated carbocycles. The zero-order chi connectivity index (χ0) is 16.6. The van der Waals surface area contributed by atoms with Crippen molar-refractivity contribution in [3.05, 3.63) is 69.0 Å². The van der Waals surface area contributed by atoms with Crippen molar-refractivity contribution in [1.82, 2.24) is 0 Å². The van der Waals surface area contributed by atoms with Crippen molar-refractivity contribution in [2.45, 2.75) is 5.37 Å². The summed E-state index contributed by atoms with van der Waals surface area (Å²) < 4.78 is 13.3. The Hall–Kier alpha value is -2.12. The van der Waals surface area contributed by atoms with E-state index >= 15 is 0 Å². The van der Waals surface area contributed by atoms with Crippen molar-refractivity contribution in [1.29, 1.82) is 0 Å². The molecule has 1 atom stereocenters. The second-order valence-corrected chi connectivity index (χ2v) is 6.35. The molecule has 0 bridgehead atoms. The van der Waals surface area contributed by atoms with Crippen molar-refractivity contribution in [3.63, 3.8) is 0 Å². The molecule has 23 heavy (non-hydrogen) atoms. The smallest absolute Gasteiger partial charge is 0.269 e. The van der Waals surface area contributed by atoms with Gasteiger partial charge in [0.15, 0.2) is 0 Å². The Morgan fingerprint density at radius 3 is 2.78 bits per heavy atom. The summed E-state index contributed by atoms with van der Waals surface area (Å²) in [7, 11) is 0. The lowest BCUT2D eigenvalue weighted by Crippen LogP contribution is -2.27. The number of halogens is 2. The van der Waals surface area contributed by atoms with Gasteiger partial charge in [0, 0.05) is 17.8 Å². The van der Waals surface area contributed by atoms with Crippen LogP contribution in [0.2, 0.25) is 5.02 Å². The summed E-state index contributed by atoms with van der Waals surface area (Å²) >= 11 is 7.15. The maximum absolute atomic E-state index is 13.3. The molecule has 118 valence electrons. The fourth-order valence-corrected chi connectivity index (χ4v) is 3.72. The number of non-ortho nitro benzene ring substituents is 1. The molecule has 0 spiro atoms. The normalized spacial score (nSPS) is 17.6. The first-order chi connectivity index (χ1) is 11.0. The van der Waals surface area contributed by atoms with Crippen LogP contribution in [-0.2, 0) is 4.79 Å². The van der Waals surface area contributed by atoms with Crippen LogP contribution in [0.1, 0.15) is 10.9 Å². The van der Waals surface area contributed by atoms with E-state index in [2.05, 4.69) is 0 Å². The van der Waals surface area contributed by atoms with Crippen LogP contribution in [0.15, 0.2) is 42.5 Å². The van der Waals surface area contributed by atoms with Crippen LogP contribution in [-0.4, -0.2) is 16.6 Å². The van der Waals surface area contributed by atoms with E-state index in [1.165, 1.54) is 47.0 Å².